The summed E-state index contributed by atoms with van der Waals surface area (Å²) in [6, 6.07) is 13.7. The van der Waals surface area contributed by atoms with Crippen molar-refractivity contribution in [1.29, 1.82) is 0 Å². The smallest absolute Gasteiger partial charge is 0.237 e. The summed E-state index contributed by atoms with van der Waals surface area (Å²) >= 11 is 4.62. The first-order valence-electron chi connectivity index (χ1n) is 8.51. The molecule has 28 heavy (non-hydrogen) atoms. The van der Waals surface area contributed by atoms with Crippen LogP contribution in [0, 0.1) is 5.82 Å². The Morgan fingerprint density at radius 2 is 2.00 bits per heavy atom. The largest absolute Gasteiger partial charge is 0.325 e. The van der Waals surface area contributed by atoms with E-state index in [0.717, 1.165) is 4.47 Å². The third kappa shape index (κ3) is 4.69. The number of hydrogen-bond donors (Lipinski definition) is 1. The van der Waals surface area contributed by atoms with Crippen molar-refractivity contribution in [2.75, 3.05) is 5.32 Å². The molecule has 8 heteroatoms. The average molecular weight is 461 g/mol. The molecule has 0 fully saturated rings. The molecule has 3 rings (SSSR count). The zero-order chi connectivity index (χ0) is 20.1. The summed E-state index contributed by atoms with van der Waals surface area (Å²) in [6.07, 6.45) is 1.68. The molecule has 1 unspecified atom stereocenters. The van der Waals surface area contributed by atoms with Gasteiger partial charge < -0.3 is 5.32 Å². The molecule has 0 saturated heterocycles. The molecule has 3 aromatic rings. The summed E-state index contributed by atoms with van der Waals surface area (Å²) in [7, 11) is 0. The second kappa shape index (κ2) is 9.16. The molecule has 0 bridgehead atoms. The lowest BCUT2D eigenvalue weighted by molar-refractivity contribution is -0.115. The molecule has 1 N–H and O–H groups in total. The second-order valence-electron chi connectivity index (χ2n) is 5.94. The van der Waals surface area contributed by atoms with Gasteiger partial charge in [-0.3, -0.25) is 9.36 Å². The molecule has 0 radical (unpaired) electrons. The fourth-order valence-corrected chi connectivity index (χ4v) is 3.62. The number of nitrogens with one attached hydrogen (secondary N) is 1. The number of carbonyl (C=O) groups is 1. The van der Waals surface area contributed by atoms with Gasteiger partial charge in [-0.15, -0.1) is 16.8 Å². The van der Waals surface area contributed by atoms with Gasteiger partial charge in [0.2, 0.25) is 5.91 Å². The van der Waals surface area contributed by atoms with Crippen molar-refractivity contribution in [3.8, 4) is 11.4 Å². The van der Waals surface area contributed by atoms with Crippen LogP contribution in [0.2, 0.25) is 0 Å². The number of allylic oxidation sites excluding steroid dienone is 1. The summed E-state index contributed by atoms with van der Waals surface area (Å²) in [4.78, 5) is 12.5. The Morgan fingerprint density at radius 1 is 1.29 bits per heavy atom. The lowest BCUT2D eigenvalue weighted by atomic mass is 10.2. The SMILES string of the molecule is C=CCn1c(SC(C)C(=O)Nc2ccc(Br)cc2)nnc1-c1ccccc1F. The zero-order valence-electron chi connectivity index (χ0n) is 15.1. The van der Waals surface area contributed by atoms with E-state index in [4.69, 9.17) is 0 Å². The maximum absolute atomic E-state index is 14.2. The second-order valence-corrected chi connectivity index (χ2v) is 8.17. The lowest BCUT2D eigenvalue weighted by Gasteiger charge is -2.13. The molecule has 1 atom stereocenters. The van der Waals surface area contributed by atoms with Crippen LogP contribution in [0.25, 0.3) is 11.4 Å². The number of amides is 1. The Bertz CT molecular complexity index is 990. The maximum atomic E-state index is 14.2. The average Bonchev–Trinajstić information content (AvgIpc) is 3.06. The van der Waals surface area contributed by atoms with E-state index in [1.165, 1.54) is 17.8 Å². The Balaban J connectivity index is 1.79. The number of thioether (sulfide) groups is 1. The van der Waals surface area contributed by atoms with Crippen molar-refractivity contribution in [3.63, 3.8) is 0 Å². The van der Waals surface area contributed by atoms with Gasteiger partial charge in [0.15, 0.2) is 11.0 Å². The number of benzene rings is 2. The van der Waals surface area contributed by atoms with Crippen LogP contribution in [0.1, 0.15) is 6.92 Å². The topological polar surface area (TPSA) is 59.8 Å². The van der Waals surface area contributed by atoms with Crippen LogP contribution in [-0.4, -0.2) is 25.9 Å². The van der Waals surface area contributed by atoms with E-state index in [1.807, 2.05) is 24.3 Å². The fourth-order valence-electron chi connectivity index (χ4n) is 2.50. The van der Waals surface area contributed by atoms with Gasteiger partial charge in [0.1, 0.15) is 5.82 Å². The summed E-state index contributed by atoms with van der Waals surface area (Å²) < 4.78 is 16.9. The van der Waals surface area contributed by atoms with Gasteiger partial charge in [-0.2, -0.15) is 0 Å². The molecule has 5 nitrogen and oxygen atoms in total. The van der Waals surface area contributed by atoms with Crippen molar-refractivity contribution in [3.05, 3.63) is 71.5 Å². The molecule has 0 spiro atoms. The third-order valence-corrected chi connectivity index (χ3v) is 5.52. The Kier molecular flexibility index (Phi) is 6.64. The highest BCUT2D eigenvalue weighted by atomic mass is 79.9. The summed E-state index contributed by atoms with van der Waals surface area (Å²) in [5.74, 6) is -0.133. The number of anilines is 1. The molecule has 0 saturated carbocycles. The number of rotatable bonds is 7. The number of hydrogen-bond acceptors (Lipinski definition) is 4. The zero-order valence-corrected chi connectivity index (χ0v) is 17.5. The van der Waals surface area contributed by atoms with Crippen LogP contribution in [0.4, 0.5) is 10.1 Å². The minimum atomic E-state index is -0.426. The fraction of sp³-hybridized carbons (Fsp3) is 0.150. The van der Waals surface area contributed by atoms with E-state index in [0.29, 0.717) is 28.8 Å². The molecule has 1 aromatic heterocycles. The molecule has 0 aliphatic carbocycles. The summed E-state index contributed by atoms with van der Waals surface area (Å²) in [5.41, 5.74) is 1.07. The van der Waals surface area contributed by atoms with Crippen molar-refractivity contribution in [1.82, 2.24) is 14.8 Å². The molecule has 144 valence electrons. The van der Waals surface area contributed by atoms with Crippen LogP contribution in [0.3, 0.4) is 0 Å². The van der Waals surface area contributed by atoms with Crippen molar-refractivity contribution in [2.45, 2.75) is 23.9 Å². The van der Waals surface area contributed by atoms with E-state index in [1.54, 1.807) is 35.8 Å². The van der Waals surface area contributed by atoms with Crippen molar-refractivity contribution >= 4 is 39.3 Å². The Labute approximate surface area is 175 Å². The van der Waals surface area contributed by atoms with E-state index < -0.39 is 5.25 Å². The highest BCUT2D eigenvalue weighted by Crippen LogP contribution is 2.28. The Hall–Kier alpha value is -2.45. The number of nitrogens with zero attached hydrogens (tertiary/aromatic N) is 3. The quantitative estimate of drug-likeness (QED) is 0.391. The van der Waals surface area contributed by atoms with Crippen LogP contribution in [0.5, 0.6) is 0 Å². The molecule has 1 amide bonds. The van der Waals surface area contributed by atoms with Gasteiger partial charge >= 0.3 is 0 Å². The van der Waals surface area contributed by atoms with Gasteiger partial charge in [-0.25, -0.2) is 4.39 Å². The van der Waals surface area contributed by atoms with E-state index in [9.17, 15) is 9.18 Å². The number of aromatic nitrogens is 3. The molecule has 2 aromatic carbocycles. The van der Waals surface area contributed by atoms with E-state index in [2.05, 4.69) is 38.0 Å². The van der Waals surface area contributed by atoms with Gasteiger partial charge in [0.05, 0.1) is 10.8 Å². The van der Waals surface area contributed by atoms with Gasteiger partial charge in [0, 0.05) is 16.7 Å². The molecule has 1 heterocycles. The number of halogens is 2. The minimum absolute atomic E-state index is 0.159. The first-order valence-corrected chi connectivity index (χ1v) is 10.2. The van der Waals surface area contributed by atoms with Gasteiger partial charge in [0.25, 0.3) is 0 Å². The monoisotopic (exact) mass is 460 g/mol. The van der Waals surface area contributed by atoms with Crippen LogP contribution >= 0.6 is 27.7 Å². The summed E-state index contributed by atoms with van der Waals surface area (Å²) in [6.45, 7) is 5.94. The first-order chi connectivity index (χ1) is 13.5. The molecular formula is C20H18BrFN4OS. The third-order valence-electron chi connectivity index (χ3n) is 3.91. The van der Waals surface area contributed by atoms with Gasteiger partial charge in [-0.05, 0) is 43.3 Å². The van der Waals surface area contributed by atoms with Crippen molar-refractivity contribution < 1.29 is 9.18 Å². The highest BCUT2D eigenvalue weighted by molar-refractivity contribution is 9.10. The standard InChI is InChI=1S/C20H18BrFN4OS/c1-3-12-26-18(16-6-4-5-7-17(16)22)24-25-20(26)28-13(2)19(27)23-15-10-8-14(21)9-11-15/h3-11,13H,1,12H2,2H3,(H,23,27). The van der Waals surface area contributed by atoms with Gasteiger partial charge in [-0.1, -0.05) is 45.9 Å². The van der Waals surface area contributed by atoms with E-state index >= 15 is 0 Å². The van der Waals surface area contributed by atoms with Crippen LogP contribution < -0.4 is 5.32 Å². The minimum Gasteiger partial charge on any atom is -0.325 e. The maximum Gasteiger partial charge on any atom is 0.237 e. The highest BCUT2D eigenvalue weighted by Gasteiger charge is 2.21. The van der Waals surface area contributed by atoms with E-state index in [-0.39, 0.29) is 11.7 Å². The van der Waals surface area contributed by atoms with Crippen LogP contribution in [0.15, 0.2) is 70.8 Å². The normalized spacial score (nSPS) is 11.8. The predicted molar refractivity (Wildman–Crippen MR) is 114 cm³/mol. The van der Waals surface area contributed by atoms with Crippen LogP contribution in [-0.2, 0) is 11.3 Å². The summed E-state index contributed by atoms with van der Waals surface area (Å²) in [5, 5.41) is 11.3. The predicted octanol–water partition coefficient (Wildman–Crippen LogP) is 5.15. The lowest BCUT2D eigenvalue weighted by Crippen LogP contribution is -2.23. The first kappa shape index (κ1) is 20.3. The molecule has 0 aliphatic heterocycles. The molecular weight excluding hydrogens is 443 g/mol. The Morgan fingerprint density at radius 3 is 2.68 bits per heavy atom. The molecule has 0 aliphatic rings. The number of carbonyl (C=O) groups excluding carboxylic acids is 1. The van der Waals surface area contributed by atoms with Crippen molar-refractivity contribution in [2.24, 2.45) is 0 Å².